The summed E-state index contributed by atoms with van der Waals surface area (Å²) >= 11 is 4.95. The molecule has 1 aromatic heterocycles. The molecule has 74 valence electrons. The van der Waals surface area contributed by atoms with Crippen molar-refractivity contribution >= 4 is 47.4 Å². The maximum Gasteiger partial charge on any atom is 0.147 e. The zero-order chi connectivity index (χ0) is 10.4. The first-order valence-corrected chi connectivity index (χ1v) is 6.17. The first-order valence-electron chi connectivity index (χ1n) is 4.56. The number of hydrogen-bond acceptors (Lipinski definition) is 2. The van der Waals surface area contributed by atoms with E-state index in [1.807, 2.05) is 24.3 Å². The molecule has 0 amide bonds. The van der Waals surface area contributed by atoms with Gasteiger partial charge in [-0.15, -0.1) is 11.3 Å². The lowest BCUT2D eigenvalue weighted by atomic mass is 10.1. The van der Waals surface area contributed by atoms with Gasteiger partial charge in [0.15, 0.2) is 0 Å². The Morgan fingerprint density at radius 1 is 1.00 bits per heavy atom. The zero-order valence-electron chi connectivity index (χ0n) is 7.70. The third kappa shape index (κ3) is 1.27. The van der Waals surface area contributed by atoms with Crippen LogP contribution in [0, 0.1) is 0 Å². The molecule has 3 rings (SSSR count). The van der Waals surface area contributed by atoms with Gasteiger partial charge in [-0.05, 0) is 28.1 Å². The Labute approximate surface area is 99.1 Å². The summed E-state index contributed by atoms with van der Waals surface area (Å²) in [6, 6.07) is 12.1. The molecule has 1 heterocycles. The van der Waals surface area contributed by atoms with Gasteiger partial charge in [-0.2, -0.15) is 0 Å². The van der Waals surface area contributed by atoms with Crippen LogP contribution in [-0.4, -0.2) is 5.11 Å². The standard InChI is InChI=1S/C12H7BrOS/c13-9-6-5-8-7-3-1-2-4-10(7)15-12(8)11(9)14/h1-6,14H. The largest absolute Gasteiger partial charge is 0.505 e. The Kier molecular flexibility index (Phi) is 1.97. The molecular formula is C12H7BrOS. The normalized spacial score (nSPS) is 11.3. The highest BCUT2D eigenvalue weighted by atomic mass is 79.9. The van der Waals surface area contributed by atoms with Crippen LogP contribution in [0.1, 0.15) is 0 Å². The van der Waals surface area contributed by atoms with Crippen molar-refractivity contribution in [1.82, 2.24) is 0 Å². The SMILES string of the molecule is Oc1c(Br)ccc2c1sc1ccccc12. The third-order valence-electron chi connectivity index (χ3n) is 2.47. The highest BCUT2D eigenvalue weighted by Crippen LogP contribution is 2.41. The van der Waals surface area contributed by atoms with E-state index in [2.05, 4.69) is 28.1 Å². The summed E-state index contributed by atoms with van der Waals surface area (Å²) in [7, 11) is 0. The van der Waals surface area contributed by atoms with Gasteiger partial charge in [-0.3, -0.25) is 0 Å². The quantitative estimate of drug-likeness (QED) is 0.641. The van der Waals surface area contributed by atoms with Crippen LogP contribution in [0.15, 0.2) is 40.9 Å². The molecule has 2 aromatic carbocycles. The summed E-state index contributed by atoms with van der Waals surface area (Å²) in [6.07, 6.45) is 0. The molecule has 1 nitrogen and oxygen atoms in total. The van der Waals surface area contributed by atoms with Crippen LogP contribution >= 0.6 is 27.3 Å². The number of aromatic hydroxyl groups is 1. The summed E-state index contributed by atoms with van der Waals surface area (Å²) in [5.41, 5.74) is 0. The molecule has 15 heavy (non-hydrogen) atoms. The molecule has 1 N–H and O–H groups in total. The zero-order valence-corrected chi connectivity index (χ0v) is 10.1. The van der Waals surface area contributed by atoms with Gasteiger partial charge in [-0.25, -0.2) is 0 Å². The molecule has 3 heteroatoms. The van der Waals surface area contributed by atoms with Gasteiger partial charge in [0, 0.05) is 15.5 Å². The molecule has 0 saturated heterocycles. The molecule has 0 aliphatic rings. The van der Waals surface area contributed by atoms with E-state index in [0.717, 1.165) is 14.6 Å². The molecule has 0 spiro atoms. The second-order valence-corrected chi connectivity index (χ2v) is 5.28. The second-order valence-electron chi connectivity index (χ2n) is 3.37. The lowest BCUT2D eigenvalue weighted by Crippen LogP contribution is -1.69. The van der Waals surface area contributed by atoms with E-state index < -0.39 is 0 Å². The predicted octanol–water partition coefficient (Wildman–Crippen LogP) is 4.52. The molecule has 0 fully saturated rings. The lowest BCUT2D eigenvalue weighted by Gasteiger charge is -1.97. The topological polar surface area (TPSA) is 20.2 Å². The first-order chi connectivity index (χ1) is 7.27. The smallest absolute Gasteiger partial charge is 0.147 e. The van der Waals surface area contributed by atoms with Crippen LogP contribution in [-0.2, 0) is 0 Å². The van der Waals surface area contributed by atoms with Crippen LogP contribution < -0.4 is 0 Å². The summed E-state index contributed by atoms with van der Waals surface area (Å²) in [5, 5.41) is 12.3. The average molecular weight is 279 g/mol. The van der Waals surface area contributed by atoms with Crippen LogP contribution in [0.5, 0.6) is 5.75 Å². The van der Waals surface area contributed by atoms with E-state index in [4.69, 9.17) is 0 Å². The van der Waals surface area contributed by atoms with Crippen molar-refractivity contribution in [2.75, 3.05) is 0 Å². The number of benzene rings is 2. The van der Waals surface area contributed by atoms with E-state index in [-0.39, 0.29) is 0 Å². The Morgan fingerprint density at radius 3 is 2.67 bits per heavy atom. The first kappa shape index (κ1) is 9.19. The monoisotopic (exact) mass is 278 g/mol. The van der Waals surface area contributed by atoms with E-state index in [1.54, 1.807) is 11.3 Å². The highest BCUT2D eigenvalue weighted by molar-refractivity contribution is 9.10. The van der Waals surface area contributed by atoms with Crippen LogP contribution in [0.4, 0.5) is 0 Å². The van der Waals surface area contributed by atoms with Gasteiger partial charge in [-0.1, -0.05) is 24.3 Å². The summed E-state index contributed by atoms with van der Waals surface area (Å²) < 4.78 is 2.91. The van der Waals surface area contributed by atoms with E-state index in [1.165, 1.54) is 10.1 Å². The number of halogens is 1. The lowest BCUT2D eigenvalue weighted by molar-refractivity contribution is 0.479. The van der Waals surface area contributed by atoms with Gasteiger partial charge in [0.05, 0.1) is 9.17 Å². The van der Waals surface area contributed by atoms with Gasteiger partial charge < -0.3 is 5.11 Å². The summed E-state index contributed by atoms with van der Waals surface area (Å²) in [6.45, 7) is 0. The number of phenolic OH excluding ortho intramolecular Hbond substituents is 1. The Hall–Kier alpha value is -1.06. The molecule has 0 bridgehead atoms. The minimum Gasteiger partial charge on any atom is -0.505 e. The van der Waals surface area contributed by atoms with Crippen molar-refractivity contribution in [2.45, 2.75) is 0 Å². The van der Waals surface area contributed by atoms with Crippen molar-refractivity contribution in [3.8, 4) is 5.75 Å². The molecule has 0 atom stereocenters. The maximum absolute atomic E-state index is 9.92. The van der Waals surface area contributed by atoms with Gasteiger partial charge >= 0.3 is 0 Å². The van der Waals surface area contributed by atoms with E-state index >= 15 is 0 Å². The van der Waals surface area contributed by atoms with Crippen molar-refractivity contribution in [3.05, 3.63) is 40.9 Å². The number of rotatable bonds is 0. The molecule has 0 unspecified atom stereocenters. The van der Waals surface area contributed by atoms with Crippen molar-refractivity contribution in [3.63, 3.8) is 0 Å². The Morgan fingerprint density at radius 2 is 1.80 bits per heavy atom. The molecule has 0 aliphatic carbocycles. The average Bonchev–Trinajstić information content (AvgIpc) is 2.63. The fraction of sp³-hybridized carbons (Fsp3) is 0. The number of hydrogen-bond donors (Lipinski definition) is 1. The molecular weight excluding hydrogens is 272 g/mol. The summed E-state index contributed by atoms with van der Waals surface area (Å²) in [5.74, 6) is 0.341. The molecule has 3 aromatic rings. The second kappa shape index (κ2) is 3.22. The van der Waals surface area contributed by atoms with E-state index in [0.29, 0.717) is 5.75 Å². The van der Waals surface area contributed by atoms with Crippen molar-refractivity contribution in [2.24, 2.45) is 0 Å². The molecule has 0 aliphatic heterocycles. The minimum absolute atomic E-state index is 0.341. The van der Waals surface area contributed by atoms with Crippen molar-refractivity contribution in [1.29, 1.82) is 0 Å². The fourth-order valence-electron chi connectivity index (χ4n) is 1.75. The van der Waals surface area contributed by atoms with Crippen molar-refractivity contribution < 1.29 is 5.11 Å². The summed E-state index contributed by atoms with van der Waals surface area (Å²) in [4.78, 5) is 0. The van der Waals surface area contributed by atoms with Gasteiger partial charge in [0.25, 0.3) is 0 Å². The Balaban J connectivity index is 2.60. The number of phenols is 1. The van der Waals surface area contributed by atoms with Crippen LogP contribution in [0.3, 0.4) is 0 Å². The number of thiophene rings is 1. The molecule has 0 saturated carbocycles. The molecule has 0 radical (unpaired) electrons. The maximum atomic E-state index is 9.92. The minimum atomic E-state index is 0.341. The Bertz CT molecular complexity index is 657. The predicted molar refractivity (Wildman–Crippen MR) is 68.7 cm³/mol. The van der Waals surface area contributed by atoms with Gasteiger partial charge in [0.1, 0.15) is 5.75 Å². The van der Waals surface area contributed by atoms with Gasteiger partial charge in [0.2, 0.25) is 0 Å². The van der Waals surface area contributed by atoms with E-state index in [9.17, 15) is 5.11 Å². The fourth-order valence-corrected chi connectivity index (χ4v) is 3.36. The van der Waals surface area contributed by atoms with Crippen LogP contribution in [0.2, 0.25) is 0 Å². The third-order valence-corrected chi connectivity index (χ3v) is 4.30. The number of fused-ring (bicyclic) bond motifs is 3. The highest BCUT2D eigenvalue weighted by Gasteiger charge is 2.09. The van der Waals surface area contributed by atoms with Crippen LogP contribution in [0.25, 0.3) is 20.2 Å².